The Bertz CT molecular complexity index is 1410. The number of aliphatic hydroxyl groups excluding tert-OH is 1. The highest BCUT2D eigenvalue weighted by Crippen LogP contribution is 2.69. The van der Waals surface area contributed by atoms with Crippen molar-refractivity contribution in [2.45, 2.75) is 102 Å². The fourth-order valence-electron chi connectivity index (χ4n) is 3.30. The van der Waals surface area contributed by atoms with E-state index in [1.165, 1.54) is 0 Å². The lowest BCUT2D eigenvalue weighted by molar-refractivity contribution is -0.489. The van der Waals surface area contributed by atoms with Gasteiger partial charge in [0.25, 0.3) is 0 Å². The Hall–Kier alpha value is -3.00. The van der Waals surface area contributed by atoms with Crippen LogP contribution in [0.3, 0.4) is 0 Å². The van der Waals surface area contributed by atoms with Crippen LogP contribution < -0.4 is 0 Å². The summed E-state index contributed by atoms with van der Waals surface area (Å²) in [5.74, 6) is -135. The SMILES string of the molecule is C=CC(=O)OCC(O)CC(F)(F)C(F)(F)C(F)(F)C(F)(F)C(F)(F)C(F)(F)C(F)(F)C(F)(F)C(F)(F)C(F)(F)C(F)(F)C(F)(F)C(F)(F)C(F)(F)C(F)(F)F. The molecule has 0 aromatic carbocycles. The number of rotatable bonds is 18. The molecule has 55 heavy (non-hydrogen) atoms. The molecule has 0 aliphatic carbocycles. The first-order valence-electron chi connectivity index (χ1n) is 12.2. The van der Waals surface area contributed by atoms with Gasteiger partial charge in [0.05, 0.1) is 6.10 Å². The maximum Gasteiger partial charge on any atom is 0.460 e. The number of carbonyl (C=O) groups is 1. The van der Waals surface area contributed by atoms with E-state index >= 15 is 0 Å². The number of carbonyl (C=O) groups excluding carboxylic acids is 1. The summed E-state index contributed by atoms with van der Waals surface area (Å²) in [6, 6.07) is 0. The number of esters is 1. The molecule has 0 bridgehead atoms. The highest BCUT2D eigenvalue weighted by Gasteiger charge is 3.01. The monoisotopic (exact) mass is 898 g/mol. The minimum Gasteiger partial charge on any atom is -0.460 e. The van der Waals surface area contributed by atoms with Gasteiger partial charge in [-0.3, -0.25) is 0 Å². The van der Waals surface area contributed by atoms with Crippen LogP contribution in [0.1, 0.15) is 6.42 Å². The Labute approximate surface area is 279 Å². The Balaban J connectivity index is 7.48. The van der Waals surface area contributed by atoms with Crippen molar-refractivity contribution in [3.63, 3.8) is 0 Å². The quantitative estimate of drug-likeness (QED) is 0.0848. The molecule has 1 atom stereocenters. The molecule has 0 aromatic rings. The second-order valence-electron chi connectivity index (χ2n) is 10.4. The number of aliphatic hydroxyl groups is 1. The smallest absolute Gasteiger partial charge is 0.460 e. The van der Waals surface area contributed by atoms with Crippen LogP contribution >= 0.6 is 0 Å². The van der Waals surface area contributed by atoms with Gasteiger partial charge in [-0.25, -0.2) is 4.79 Å². The van der Waals surface area contributed by atoms with E-state index in [-0.39, 0.29) is 6.08 Å². The summed E-state index contributed by atoms with van der Waals surface area (Å²) >= 11 is 0. The van der Waals surface area contributed by atoms with Crippen molar-refractivity contribution in [3.05, 3.63) is 12.7 Å². The molecule has 0 heterocycles. The summed E-state index contributed by atoms with van der Waals surface area (Å²) in [5.41, 5.74) is 0. The van der Waals surface area contributed by atoms with Crippen molar-refractivity contribution in [2.24, 2.45) is 0 Å². The van der Waals surface area contributed by atoms with Crippen LogP contribution in [0.4, 0.5) is 136 Å². The van der Waals surface area contributed by atoms with Gasteiger partial charge in [0, 0.05) is 12.5 Å². The number of hydrogen-bond acceptors (Lipinski definition) is 3. The van der Waals surface area contributed by atoms with E-state index in [9.17, 15) is 141 Å². The van der Waals surface area contributed by atoms with E-state index in [0.29, 0.717) is 0 Å². The zero-order valence-electron chi connectivity index (χ0n) is 24.3. The molecular formula is C21H9F31O3. The molecule has 0 aromatic heterocycles. The van der Waals surface area contributed by atoms with Gasteiger partial charge < -0.3 is 9.84 Å². The number of halogens is 31. The normalized spacial score (nSPS) is 16.9. The molecule has 1 N–H and O–H groups in total. The lowest BCUT2D eigenvalue weighted by atomic mass is 9.83. The molecule has 0 aliphatic rings. The van der Waals surface area contributed by atoms with Crippen molar-refractivity contribution < 1.29 is 151 Å². The largest absolute Gasteiger partial charge is 0.460 e. The van der Waals surface area contributed by atoms with E-state index < -0.39 is 114 Å². The fraction of sp³-hybridized carbons (Fsp3) is 0.857. The molecule has 0 aliphatic heterocycles. The minimum atomic E-state index is -10.1. The van der Waals surface area contributed by atoms with Crippen LogP contribution in [0.15, 0.2) is 12.7 Å². The maximum absolute atomic E-state index is 14.0. The second kappa shape index (κ2) is 13.6. The lowest BCUT2D eigenvalue weighted by Crippen LogP contribution is -2.79. The minimum absolute atomic E-state index is 0.0753. The summed E-state index contributed by atoms with van der Waals surface area (Å²) in [6.45, 7) is 0.506. The summed E-state index contributed by atoms with van der Waals surface area (Å²) in [7, 11) is 0. The van der Waals surface area contributed by atoms with Gasteiger partial charge in [-0.1, -0.05) is 6.58 Å². The topological polar surface area (TPSA) is 46.5 Å². The van der Waals surface area contributed by atoms with Gasteiger partial charge in [0.2, 0.25) is 0 Å². The van der Waals surface area contributed by atoms with Gasteiger partial charge in [-0.05, 0) is 0 Å². The summed E-state index contributed by atoms with van der Waals surface area (Å²) in [6.07, 6.45) is -15.4. The Morgan fingerprint density at radius 3 is 0.818 bits per heavy atom. The van der Waals surface area contributed by atoms with E-state index in [1.807, 2.05) is 0 Å². The van der Waals surface area contributed by atoms with Crippen LogP contribution in [-0.4, -0.2) is 113 Å². The molecule has 0 rings (SSSR count). The van der Waals surface area contributed by atoms with Crippen molar-refractivity contribution >= 4 is 5.97 Å². The Morgan fingerprint density at radius 1 is 0.418 bits per heavy atom. The van der Waals surface area contributed by atoms with Crippen molar-refractivity contribution in [2.75, 3.05) is 6.61 Å². The van der Waals surface area contributed by atoms with Crippen molar-refractivity contribution in [1.82, 2.24) is 0 Å². The number of ether oxygens (including phenoxy) is 1. The molecule has 1 unspecified atom stereocenters. The third-order valence-electron chi connectivity index (χ3n) is 6.62. The summed E-state index contributed by atoms with van der Waals surface area (Å²) < 4.78 is 424. The Kier molecular flexibility index (Phi) is 12.8. The molecule has 34 heteroatoms. The van der Waals surface area contributed by atoms with Crippen LogP contribution in [0.5, 0.6) is 0 Å². The standard InChI is InChI=1S/C21H9F31O3/c1-2-6(54)55-4-5(53)3-7(22,23)8(24,25)9(26,27)10(28,29)11(30,31)12(32,33)13(34,35)14(36,37)15(38,39)16(40,41)17(42,43)18(44,45)19(46,47)20(48,49)21(50,51)52/h2,5,53H,1,3-4H2. The average Bonchev–Trinajstić information content (AvgIpc) is 2.97. The number of hydrogen-bond donors (Lipinski definition) is 1. The second-order valence-corrected chi connectivity index (χ2v) is 10.4. The third-order valence-corrected chi connectivity index (χ3v) is 6.62. The van der Waals surface area contributed by atoms with Crippen LogP contribution in [0.2, 0.25) is 0 Å². The van der Waals surface area contributed by atoms with Crippen LogP contribution in [0, 0.1) is 0 Å². The zero-order chi connectivity index (χ0) is 45.5. The predicted octanol–water partition coefficient (Wildman–Crippen LogP) is 9.92. The van der Waals surface area contributed by atoms with Crippen molar-refractivity contribution in [3.8, 4) is 0 Å². The third kappa shape index (κ3) is 6.72. The van der Waals surface area contributed by atoms with E-state index in [0.717, 1.165) is 0 Å². The Morgan fingerprint density at radius 2 is 0.618 bits per heavy atom. The average molecular weight is 898 g/mol. The lowest BCUT2D eigenvalue weighted by Gasteiger charge is -2.46. The molecule has 0 saturated heterocycles. The molecule has 0 radical (unpaired) electrons. The molecule has 0 fully saturated rings. The van der Waals surface area contributed by atoms with Crippen LogP contribution in [0.25, 0.3) is 0 Å². The van der Waals surface area contributed by atoms with Gasteiger partial charge in [-0.15, -0.1) is 0 Å². The molecule has 0 amide bonds. The summed E-state index contributed by atoms with van der Waals surface area (Å²) in [4.78, 5) is 10.7. The highest BCUT2D eigenvalue weighted by atomic mass is 19.4. The first-order valence-corrected chi connectivity index (χ1v) is 12.2. The van der Waals surface area contributed by atoms with E-state index in [4.69, 9.17) is 5.11 Å². The molecule has 0 spiro atoms. The van der Waals surface area contributed by atoms with Crippen LogP contribution in [-0.2, 0) is 9.53 Å². The molecule has 3 nitrogen and oxygen atoms in total. The first kappa shape index (κ1) is 52.0. The molecule has 0 saturated carbocycles. The predicted molar refractivity (Wildman–Crippen MR) is 107 cm³/mol. The van der Waals surface area contributed by atoms with Gasteiger partial charge in [0.1, 0.15) is 6.61 Å². The molecular weight excluding hydrogens is 889 g/mol. The van der Waals surface area contributed by atoms with Gasteiger partial charge in [0.15, 0.2) is 0 Å². The maximum atomic E-state index is 14.0. The zero-order valence-corrected chi connectivity index (χ0v) is 24.3. The summed E-state index contributed by atoms with van der Waals surface area (Å²) in [5, 5.41) is 9.05. The van der Waals surface area contributed by atoms with Gasteiger partial charge in [-0.2, -0.15) is 136 Å². The first-order chi connectivity index (χ1) is 23.3. The van der Waals surface area contributed by atoms with E-state index in [1.54, 1.807) is 0 Å². The fourth-order valence-corrected chi connectivity index (χ4v) is 3.30. The van der Waals surface area contributed by atoms with E-state index in [2.05, 4.69) is 11.3 Å². The number of alkyl halides is 31. The van der Waals surface area contributed by atoms with Gasteiger partial charge >= 0.3 is 95.1 Å². The highest BCUT2D eigenvalue weighted by molar-refractivity contribution is 5.81. The van der Waals surface area contributed by atoms with Crippen molar-refractivity contribution in [1.29, 1.82) is 0 Å². The molecule has 328 valence electrons.